The topological polar surface area (TPSA) is 84.3 Å². The monoisotopic (exact) mass is 443 g/mol. The van der Waals surface area contributed by atoms with E-state index in [0.29, 0.717) is 5.56 Å². The lowest BCUT2D eigenvalue weighted by atomic mass is 9.96. The molecule has 6 heteroatoms. The predicted molar refractivity (Wildman–Crippen MR) is 127 cm³/mol. The number of carboxylic acids is 1. The number of pyridine rings is 1. The van der Waals surface area contributed by atoms with Gasteiger partial charge in [-0.2, -0.15) is 0 Å². The van der Waals surface area contributed by atoms with Crippen LogP contribution in [-0.4, -0.2) is 30.7 Å². The molecule has 3 aromatic carbocycles. The molecule has 0 aliphatic rings. The third-order valence-corrected chi connectivity index (χ3v) is 6.31. The van der Waals surface area contributed by atoms with Crippen molar-refractivity contribution in [3.05, 3.63) is 95.7 Å². The number of rotatable bonds is 5. The number of carboxylic acid groups (broad SMARTS) is 1. The molecule has 0 aliphatic carbocycles. The minimum atomic E-state index is -3.36. The van der Waals surface area contributed by atoms with Gasteiger partial charge in [0.15, 0.2) is 9.84 Å². The van der Waals surface area contributed by atoms with Crippen LogP contribution in [-0.2, 0) is 14.6 Å². The molecule has 1 N–H and O–H groups in total. The molecule has 0 saturated heterocycles. The van der Waals surface area contributed by atoms with E-state index in [-0.39, 0.29) is 10.5 Å². The molecule has 4 aromatic rings. The first-order chi connectivity index (χ1) is 15.2. The van der Waals surface area contributed by atoms with Gasteiger partial charge in [-0.3, -0.25) is 4.98 Å². The predicted octanol–water partition coefficient (Wildman–Crippen LogP) is 5.24. The highest BCUT2D eigenvalue weighted by molar-refractivity contribution is 7.90. The molecule has 0 saturated carbocycles. The van der Waals surface area contributed by atoms with Gasteiger partial charge in [0.25, 0.3) is 0 Å². The van der Waals surface area contributed by atoms with Gasteiger partial charge in [0, 0.05) is 23.4 Å². The van der Waals surface area contributed by atoms with Crippen molar-refractivity contribution in [2.45, 2.75) is 11.8 Å². The molecular formula is C26H21NO4S. The zero-order valence-electron chi connectivity index (χ0n) is 17.6. The Bertz CT molecular complexity index is 1470. The third-order valence-electron chi connectivity index (χ3n) is 5.18. The smallest absolute Gasteiger partial charge is 0.336 e. The molecule has 0 spiro atoms. The second-order valence-corrected chi connectivity index (χ2v) is 9.69. The first kappa shape index (κ1) is 21.5. The number of aryl methyl sites for hydroxylation is 1. The highest BCUT2D eigenvalue weighted by atomic mass is 32.2. The molecule has 160 valence electrons. The normalized spacial score (nSPS) is 12.1. The lowest BCUT2D eigenvalue weighted by Gasteiger charge is -2.09. The van der Waals surface area contributed by atoms with Crippen LogP contribution in [0.4, 0.5) is 0 Å². The lowest BCUT2D eigenvalue weighted by molar-refractivity contribution is -0.130. The van der Waals surface area contributed by atoms with Crippen molar-refractivity contribution in [2.75, 3.05) is 6.26 Å². The van der Waals surface area contributed by atoms with Crippen LogP contribution in [0.3, 0.4) is 0 Å². The van der Waals surface area contributed by atoms with Gasteiger partial charge in [-0.05, 0) is 71.7 Å². The first-order valence-corrected chi connectivity index (χ1v) is 11.8. The Labute approximate surface area is 186 Å². The Morgan fingerprint density at radius 1 is 0.969 bits per heavy atom. The van der Waals surface area contributed by atoms with Crippen LogP contribution in [0.15, 0.2) is 83.9 Å². The summed E-state index contributed by atoms with van der Waals surface area (Å²) in [6.07, 6.45) is 4.46. The molecule has 4 rings (SSSR count). The van der Waals surface area contributed by atoms with Gasteiger partial charge in [0.2, 0.25) is 0 Å². The molecule has 0 aliphatic heterocycles. The molecule has 0 fully saturated rings. The van der Waals surface area contributed by atoms with Crippen molar-refractivity contribution in [3.63, 3.8) is 0 Å². The maximum atomic E-state index is 12.0. The van der Waals surface area contributed by atoms with Gasteiger partial charge >= 0.3 is 5.97 Å². The average molecular weight is 444 g/mol. The molecule has 32 heavy (non-hydrogen) atoms. The summed E-state index contributed by atoms with van der Waals surface area (Å²) in [5.74, 6) is -1.09. The van der Waals surface area contributed by atoms with Gasteiger partial charge < -0.3 is 5.11 Å². The summed E-state index contributed by atoms with van der Waals surface area (Å²) in [5, 5.41) is 10.8. The summed E-state index contributed by atoms with van der Waals surface area (Å²) >= 11 is 0. The Balaban J connectivity index is 1.80. The summed E-state index contributed by atoms with van der Waals surface area (Å²) in [7, 11) is -3.36. The lowest BCUT2D eigenvalue weighted by Crippen LogP contribution is -2.01. The summed E-state index contributed by atoms with van der Waals surface area (Å²) in [6, 6.07) is 21.6. The summed E-state index contributed by atoms with van der Waals surface area (Å²) in [5.41, 5.74) is 5.13. The van der Waals surface area contributed by atoms with E-state index in [0.717, 1.165) is 39.4 Å². The number of aliphatic carboxylic acids is 1. The molecule has 5 nitrogen and oxygen atoms in total. The van der Waals surface area contributed by atoms with E-state index in [1.807, 2.05) is 43.3 Å². The van der Waals surface area contributed by atoms with Crippen molar-refractivity contribution in [2.24, 2.45) is 0 Å². The van der Waals surface area contributed by atoms with E-state index >= 15 is 0 Å². The van der Waals surface area contributed by atoms with Crippen molar-refractivity contribution in [1.29, 1.82) is 0 Å². The molecular weight excluding hydrogens is 422 g/mol. The highest BCUT2D eigenvalue weighted by Crippen LogP contribution is 2.30. The molecule has 0 unspecified atom stereocenters. The van der Waals surface area contributed by atoms with E-state index in [9.17, 15) is 18.3 Å². The minimum Gasteiger partial charge on any atom is -0.478 e. The van der Waals surface area contributed by atoms with Gasteiger partial charge in [0.05, 0.1) is 16.0 Å². The number of aromatic nitrogens is 1. The number of nitrogens with zero attached hydrogens (tertiary/aromatic N) is 1. The zero-order chi connectivity index (χ0) is 22.9. The Morgan fingerprint density at radius 3 is 2.41 bits per heavy atom. The third kappa shape index (κ3) is 4.45. The van der Waals surface area contributed by atoms with Crippen molar-refractivity contribution in [3.8, 4) is 11.1 Å². The molecule has 1 heterocycles. The molecule has 0 atom stereocenters. The van der Waals surface area contributed by atoms with Gasteiger partial charge in [-0.25, -0.2) is 13.2 Å². The number of hydrogen-bond donors (Lipinski definition) is 1. The maximum absolute atomic E-state index is 12.0. The standard InChI is InChI=1S/C26H21NO4S/c1-17-13-21-7-4-12-27-25(21)23(14-17)20-6-3-5-18(15-20)16-24(26(28)29)19-8-10-22(11-9-19)32(2,30)31/h3-16H,1-2H3,(H,28,29)/b24-16+. The van der Waals surface area contributed by atoms with Crippen LogP contribution in [0.1, 0.15) is 16.7 Å². The Hall–Kier alpha value is -3.77. The van der Waals surface area contributed by atoms with Gasteiger partial charge in [0.1, 0.15) is 0 Å². The number of fused-ring (bicyclic) bond motifs is 1. The van der Waals surface area contributed by atoms with Crippen molar-refractivity contribution < 1.29 is 18.3 Å². The fourth-order valence-corrected chi connectivity index (χ4v) is 4.31. The van der Waals surface area contributed by atoms with Crippen LogP contribution in [0.25, 0.3) is 33.7 Å². The number of hydrogen-bond acceptors (Lipinski definition) is 4. The minimum absolute atomic E-state index is 0.0782. The van der Waals surface area contributed by atoms with Crippen LogP contribution < -0.4 is 0 Å². The second kappa shape index (κ2) is 8.40. The van der Waals surface area contributed by atoms with Crippen LogP contribution >= 0.6 is 0 Å². The quantitative estimate of drug-likeness (QED) is 0.337. The van der Waals surface area contributed by atoms with E-state index in [2.05, 4.69) is 17.1 Å². The van der Waals surface area contributed by atoms with Gasteiger partial charge in [-0.1, -0.05) is 36.4 Å². The molecule has 0 bridgehead atoms. The summed E-state index contributed by atoms with van der Waals surface area (Å²) in [6.45, 7) is 2.03. The zero-order valence-corrected chi connectivity index (χ0v) is 18.4. The molecule has 0 radical (unpaired) electrons. The largest absolute Gasteiger partial charge is 0.478 e. The fourth-order valence-electron chi connectivity index (χ4n) is 3.68. The molecule has 0 amide bonds. The maximum Gasteiger partial charge on any atom is 0.336 e. The van der Waals surface area contributed by atoms with E-state index < -0.39 is 15.8 Å². The fraction of sp³-hybridized carbons (Fsp3) is 0.0769. The van der Waals surface area contributed by atoms with Crippen molar-refractivity contribution >= 4 is 38.4 Å². The van der Waals surface area contributed by atoms with E-state index in [1.54, 1.807) is 12.3 Å². The van der Waals surface area contributed by atoms with E-state index in [4.69, 9.17) is 0 Å². The molecule has 1 aromatic heterocycles. The first-order valence-electron chi connectivity index (χ1n) is 9.94. The Kier molecular flexibility index (Phi) is 5.63. The van der Waals surface area contributed by atoms with E-state index in [1.165, 1.54) is 24.3 Å². The highest BCUT2D eigenvalue weighted by Gasteiger charge is 2.14. The summed E-state index contributed by atoms with van der Waals surface area (Å²) < 4.78 is 23.4. The number of benzene rings is 3. The average Bonchev–Trinajstić information content (AvgIpc) is 2.76. The van der Waals surface area contributed by atoms with Crippen LogP contribution in [0.2, 0.25) is 0 Å². The summed E-state index contributed by atoms with van der Waals surface area (Å²) in [4.78, 5) is 16.6. The second-order valence-electron chi connectivity index (χ2n) is 7.67. The Morgan fingerprint density at radius 2 is 1.72 bits per heavy atom. The van der Waals surface area contributed by atoms with Crippen LogP contribution in [0.5, 0.6) is 0 Å². The van der Waals surface area contributed by atoms with Gasteiger partial charge in [-0.15, -0.1) is 0 Å². The number of carbonyl (C=O) groups is 1. The van der Waals surface area contributed by atoms with Crippen LogP contribution in [0, 0.1) is 6.92 Å². The SMILES string of the molecule is Cc1cc(-c2cccc(/C=C(/C(=O)O)c3ccc(S(C)(=O)=O)cc3)c2)c2ncccc2c1. The number of sulfone groups is 1. The van der Waals surface area contributed by atoms with Crippen molar-refractivity contribution in [1.82, 2.24) is 4.98 Å².